The summed E-state index contributed by atoms with van der Waals surface area (Å²) in [5.41, 5.74) is 2.14. The summed E-state index contributed by atoms with van der Waals surface area (Å²) in [6.45, 7) is 2.84. The normalized spacial score (nSPS) is 20.3. The molecule has 0 aliphatic carbocycles. The highest BCUT2D eigenvalue weighted by Gasteiger charge is 2.33. The predicted molar refractivity (Wildman–Crippen MR) is 92.0 cm³/mol. The summed E-state index contributed by atoms with van der Waals surface area (Å²) in [6.07, 6.45) is 5.25. The second-order valence-electron chi connectivity index (χ2n) is 5.94. The van der Waals surface area contributed by atoms with Gasteiger partial charge in [-0.15, -0.1) is 0 Å². The van der Waals surface area contributed by atoms with E-state index in [0.717, 1.165) is 42.7 Å². The molecule has 4 nitrogen and oxygen atoms in total. The Labute approximate surface area is 135 Å². The number of rotatable bonds is 3. The third-order valence-electron chi connectivity index (χ3n) is 4.61. The van der Waals surface area contributed by atoms with Crippen LogP contribution < -0.4 is 0 Å². The Morgan fingerprint density at radius 3 is 2.86 bits per heavy atom. The molecule has 1 saturated heterocycles. The quantitative estimate of drug-likeness (QED) is 0.871. The molecule has 0 saturated carbocycles. The molecule has 118 valence electrons. The number of hydrogen-bond acceptors (Lipinski definition) is 3. The van der Waals surface area contributed by atoms with Gasteiger partial charge in [-0.25, -0.2) is 4.98 Å². The second-order valence-corrected chi connectivity index (χ2v) is 7.12. The highest BCUT2D eigenvalue weighted by atomic mass is 32.2. The minimum atomic E-state index is 0.00952. The lowest BCUT2D eigenvalue weighted by molar-refractivity contribution is -0.134. The van der Waals surface area contributed by atoms with Gasteiger partial charge in [0.1, 0.15) is 5.82 Å². The molecule has 1 aromatic carbocycles. The molecule has 0 spiro atoms. The molecule has 1 aliphatic rings. The van der Waals surface area contributed by atoms with E-state index in [4.69, 9.17) is 4.98 Å². The van der Waals surface area contributed by atoms with Gasteiger partial charge < -0.3 is 9.47 Å². The number of carbonyl (C=O) groups excluding carboxylic acids is 1. The molecule has 2 aromatic rings. The number of aryl methyl sites for hydroxylation is 1. The smallest absolute Gasteiger partial charge is 0.236 e. The molecule has 2 heterocycles. The first-order chi connectivity index (χ1) is 10.6. The first kappa shape index (κ1) is 15.4. The Morgan fingerprint density at radius 1 is 1.36 bits per heavy atom. The van der Waals surface area contributed by atoms with Crippen molar-refractivity contribution >= 4 is 28.7 Å². The fraction of sp³-hybridized carbons (Fsp3) is 0.529. The van der Waals surface area contributed by atoms with Crippen LogP contribution in [0.15, 0.2) is 24.3 Å². The lowest BCUT2D eigenvalue weighted by Gasteiger charge is -2.36. The van der Waals surface area contributed by atoms with Crippen molar-refractivity contribution in [3.63, 3.8) is 0 Å². The summed E-state index contributed by atoms with van der Waals surface area (Å²) in [5.74, 6) is 1.26. The number of thioether (sulfide) groups is 1. The van der Waals surface area contributed by atoms with Crippen molar-refractivity contribution in [3.8, 4) is 0 Å². The van der Waals surface area contributed by atoms with Crippen LogP contribution in [0.25, 0.3) is 11.0 Å². The van der Waals surface area contributed by atoms with Crippen LogP contribution in [0.5, 0.6) is 0 Å². The summed E-state index contributed by atoms with van der Waals surface area (Å²) in [7, 11) is 2.06. The number of piperidine rings is 1. The largest absolute Gasteiger partial charge is 0.332 e. The number of carbonyl (C=O) groups is 1. The van der Waals surface area contributed by atoms with Gasteiger partial charge in [0.2, 0.25) is 5.91 Å². The maximum absolute atomic E-state index is 12.7. The SMILES string of the molecule is CS[C@@H](C)C(=O)N1CCCC[C@H]1c1nc2ccccc2n1C. The summed E-state index contributed by atoms with van der Waals surface area (Å²) in [5, 5.41) is 0.00952. The van der Waals surface area contributed by atoms with Crippen LogP contribution >= 0.6 is 11.8 Å². The van der Waals surface area contributed by atoms with Gasteiger partial charge in [-0.3, -0.25) is 4.79 Å². The Balaban J connectivity index is 1.99. The molecule has 3 rings (SSSR count). The number of amides is 1. The van der Waals surface area contributed by atoms with E-state index in [1.807, 2.05) is 36.3 Å². The third kappa shape index (κ3) is 2.62. The second kappa shape index (κ2) is 6.32. The van der Waals surface area contributed by atoms with Crippen LogP contribution in [0.3, 0.4) is 0 Å². The zero-order valence-electron chi connectivity index (χ0n) is 13.5. The predicted octanol–water partition coefficient (Wildman–Crippen LogP) is 3.38. The van der Waals surface area contributed by atoms with Gasteiger partial charge in [-0.2, -0.15) is 11.8 Å². The highest BCUT2D eigenvalue weighted by Crippen LogP contribution is 2.33. The van der Waals surface area contributed by atoms with E-state index in [1.165, 1.54) is 0 Å². The van der Waals surface area contributed by atoms with E-state index in [1.54, 1.807) is 11.8 Å². The maximum Gasteiger partial charge on any atom is 0.236 e. The van der Waals surface area contributed by atoms with Crippen LogP contribution in [0, 0.1) is 0 Å². The molecule has 2 atom stereocenters. The number of aromatic nitrogens is 2. The molecule has 0 bridgehead atoms. The van der Waals surface area contributed by atoms with Gasteiger partial charge in [0, 0.05) is 13.6 Å². The van der Waals surface area contributed by atoms with E-state index < -0.39 is 0 Å². The Bertz CT molecular complexity index is 682. The van der Waals surface area contributed by atoms with Crippen LogP contribution in [-0.2, 0) is 11.8 Å². The van der Waals surface area contributed by atoms with E-state index in [-0.39, 0.29) is 17.2 Å². The van der Waals surface area contributed by atoms with Crippen LogP contribution in [0.1, 0.15) is 38.1 Å². The minimum Gasteiger partial charge on any atom is -0.332 e. The van der Waals surface area contributed by atoms with Gasteiger partial charge in [-0.1, -0.05) is 12.1 Å². The number of hydrogen-bond donors (Lipinski definition) is 0. The van der Waals surface area contributed by atoms with Gasteiger partial charge in [0.05, 0.1) is 22.3 Å². The number of likely N-dealkylation sites (tertiary alicyclic amines) is 1. The molecule has 0 N–H and O–H groups in total. The number of nitrogens with zero attached hydrogens (tertiary/aromatic N) is 3. The van der Waals surface area contributed by atoms with Crippen LogP contribution in [0.4, 0.5) is 0 Å². The van der Waals surface area contributed by atoms with Crippen molar-refractivity contribution in [3.05, 3.63) is 30.1 Å². The highest BCUT2D eigenvalue weighted by molar-refractivity contribution is 7.99. The Kier molecular flexibility index (Phi) is 4.43. The standard InChI is InChI=1S/C17H23N3OS/c1-12(22-3)17(21)20-11-7-6-10-15(20)16-18-13-8-4-5-9-14(13)19(16)2/h4-5,8-9,12,15H,6-7,10-11H2,1-3H3/t12-,15-/m0/s1. The first-order valence-corrected chi connectivity index (χ1v) is 9.17. The van der Waals surface area contributed by atoms with Crippen molar-refractivity contribution in [1.82, 2.24) is 14.5 Å². The molecular formula is C17H23N3OS. The lowest BCUT2D eigenvalue weighted by atomic mass is 10.0. The number of para-hydroxylation sites is 2. The summed E-state index contributed by atoms with van der Waals surface area (Å²) < 4.78 is 2.15. The van der Waals surface area contributed by atoms with Crippen LogP contribution in [-0.4, -0.2) is 38.4 Å². The van der Waals surface area contributed by atoms with Crippen LogP contribution in [0.2, 0.25) is 0 Å². The molecule has 0 unspecified atom stereocenters. The molecule has 22 heavy (non-hydrogen) atoms. The number of benzene rings is 1. The van der Waals surface area contributed by atoms with Gasteiger partial charge in [0.15, 0.2) is 0 Å². The summed E-state index contributed by atoms with van der Waals surface area (Å²) >= 11 is 1.61. The van der Waals surface area contributed by atoms with E-state index in [0.29, 0.717) is 0 Å². The molecule has 0 radical (unpaired) electrons. The molecule has 1 amide bonds. The van der Waals surface area contributed by atoms with Gasteiger partial charge >= 0.3 is 0 Å². The average molecular weight is 317 g/mol. The fourth-order valence-corrected chi connectivity index (χ4v) is 3.60. The van der Waals surface area contributed by atoms with Gasteiger partial charge in [0.25, 0.3) is 0 Å². The van der Waals surface area contributed by atoms with Crippen molar-refractivity contribution in [1.29, 1.82) is 0 Å². The van der Waals surface area contributed by atoms with Crippen molar-refractivity contribution in [2.24, 2.45) is 7.05 Å². The zero-order chi connectivity index (χ0) is 15.7. The fourth-order valence-electron chi connectivity index (χ4n) is 3.26. The number of fused-ring (bicyclic) bond motifs is 1. The maximum atomic E-state index is 12.7. The molecule has 5 heteroatoms. The van der Waals surface area contributed by atoms with E-state index >= 15 is 0 Å². The molecule has 1 fully saturated rings. The minimum absolute atomic E-state index is 0.00952. The Morgan fingerprint density at radius 2 is 2.14 bits per heavy atom. The monoisotopic (exact) mass is 317 g/mol. The Hall–Kier alpha value is -1.49. The summed E-state index contributed by atoms with van der Waals surface area (Å²) in [6, 6.07) is 8.28. The molecule has 1 aliphatic heterocycles. The third-order valence-corrected chi connectivity index (χ3v) is 5.52. The zero-order valence-corrected chi connectivity index (χ0v) is 14.3. The lowest BCUT2D eigenvalue weighted by Crippen LogP contribution is -2.43. The van der Waals surface area contributed by atoms with E-state index in [9.17, 15) is 4.79 Å². The van der Waals surface area contributed by atoms with Gasteiger partial charge in [-0.05, 0) is 44.6 Å². The molecule has 1 aromatic heterocycles. The first-order valence-electron chi connectivity index (χ1n) is 7.88. The topological polar surface area (TPSA) is 38.1 Å². The number of imidazole rings is 1. The van der Waals surface area contributed by atoms with Crippen molar-refractivity contribution in [2.45, 2.75) is 37.5 Å². The summed E-state index contributed by atoms with van der Waals surface area (Å²) in [4.78, 5) is 19.6. The van der Waals surface area contributed by atoms with Crippen molar-refractivity contribution in [2.75, 3.05) is 12.8 Å². The average Bonchev–Trinajstić information content (AvgIpc) is 2.90. The van der Waals surface area contributed by atoms with Crippen molar-refractivity contribution < 1.29 is 4.79 Å². The molecular weight excluding hydrogens is 294 g/mol. The van der Waals surface area contributed by atoms with E-state index in [2.05, 4.69) is 17.7 Å².